The van der Waals surface area contributed by atoms with Crippen LogP contribution in [0.3, 0.4) is 0 Å². The van der Waals surface area contributed by atoms with E-state index in [0.29, 0.717) is 0 Å². The fourth-order valence-electron chi connectivity index (χ4n) is 2.66. The van der Waals surface area contributed by atoms with Crippen molar-refractivity contribution in [3.63, 3.8) is 0 Å². The maximum Gasteiger partial charge on any atom is 0.127 e. The molecule has 112 valence electrons. The van der Waals surface area contributed by atoms with Gasteiger partial charge in [0.2, 0.25) is 0 Å². The Hall–Kier alpha value is -1.67. The van der Waals surface area contributed by atoms with Gasteiger partial charge in [-0.25, -0.2) is 4.39 Å². The average molecular weight is 285 g/mol. The van der Waals surface area contributed by atoms with Gasteiger partial charge in [0.1, 0.15) is 5.82 Å². The van der Waals surface area contributed by atoms with Crippen LogP contribution in [0.2, 0.25) is 0 Å². The first-order valence-corrected chi connectivity index (χ1v) is 7.77. The molecule has 0 fully saturated rings. The first-order chi connectivity index (χ1) is 10.2. The predicted octanol–water partition coefficient (Wildman–Crippen LogP) is 5.41. The Bertz CT molecular complexity index is 538. The van der Waals surface area contributed by atoms with Crippen LogP contribution >= 0.6 is 0 Å². The Morgan fingerprint density at radius 2 is 1.67 bits per heavy atom. The summed E-state index contributed by atoms with van der Waals surface area (Å²) in [6.45, 7) is 4.22. The van der Waals surface area contributed by atoms with E-state index in [-0.39, 0.29) is 17.9 Å². The molecule has 0 aliphatic rings. The van der Waals surface area contributed by atoms with E-state index >= 15 is 0 Å². The van der Waals surface area contributed by atoms with E-state index in [0.717, 1.165) is 18.4 Å². The van der Waals surface area contributed by atoms with Crippen molar-refractivity contribution in [1.82, 2.24) is 5.32 Å². The SMILES string of the molecule is CCCCC(NC(C)c1ccccc1F)c1ccccc1. The van der Waals surface area contributed by atoms with Crippen molar-refractivity contribution in [2.45, 2.75) is 45.2 Å². The summed E-state index contributed by atoms with van der Waals surface area (Å²) in [4.78, 5) is 0. The minimum Gasteiger partial charge on any atom is -0.303 e. The van der Waals surface area contributed by atoms with Crippen molar-refractivity contribution in [1.29, 1.82) is 0 Å². The minimum atomic E-state index is -0.139. The topological polar surface area (TPSA) is 12.0 Å². The van der Waals surface area contributed by atoms with Gasteiger partial charge in [-0.05, 0) is 25.0 Å². The van der Waals surface area contributed by atoms with Crippen LogP contribution in [0.25, 0.3) is 0 Å². The van der Waals surface area contributed by atoms with Gasteiger partial charge in [-0.15, -0.1) is 0 Å². The Morgan fingerprint density at radius 1 is 1.00 bits per heavy atom. The van der Waals surface area contributed by atoms with Gasteiger partial charge in [-0.1, -0.05) is 68.3 Å². The van der Waals surface area contributed by atoms with Crippen LogP contribution in [0.15, 0.2) is 54.6 Å². The molecule has 2 aromatic carbocycles. The summed E-state index contributed by atoms with van der Waals surface area (Å²) in [6, 6.07) is 17.7. The van der Waals surface area contributed by atoms with Crippen molar-refractivity contribution < 1.29 is 4.39 Å². The van der Waals surface area contributed by atoms with Crippen LogP contribution in [0.4, 0.5) is 4.39 Å². The number of rotatable bonds is 7. The summed E-state index contributed by atoms with van der Waals surface area (Å²) in [5, 5.41) is 3.59. The molecule has 2 atom stereocenters. The van der Waals surface area contributed by atoms with Gasteiger partial charge in [0, 0.05) is 17.6 Å². The highest BCUT2D eigenvalue weighted by molar-refractivity contribution is 5.23. The number of unbranched alkanes of at least 4 members (excludes halogenated alkanes) is 1. The molecule has 2 unspecified atom stereocenters. The summed E-state index contributed by atoms with van der Waals surface area (Å²) >= 11 is 0. The predicted molar refractivity (Wildman–Crippen MR) is 86.7 cm³/mol. The van der Waals surface area contributed by atoms with E-state index in [4.69, 9.17) is 0 Å². The number of hydrogen-bond acceptors (Lipinski definition) is 1. The standard InChI is InChI=1S/C19H24FN/c1-3-4-14-19(16-10-6-5-7-11-16)21-15(2)17-12-8-9-13-18(17)20/h5-13,15,19,21H,3-4,14H2,1-2H3. The van der Waals surface area contributed by atoms with Gasteiger partial charge >= 0.3 is 0 Å². The molecule has 1 N–H and O–H groups in total. The Kier molecular flexibility index (Phi) is 5.94. The average Bonchev–Trinajstić information content (AvgIpc) is 2.52. The molecule has 2 aromatic rings. The quantitative estimate of drug-likeness (QED) is 0.717. The number of nitrogens with one attached hydrogen (secondary N) is 1. The lowest BCUT2D eigenvalue weighted by Gasteiger charge is -2.24. The smallest absolute Gasteiger partial charge is 0.127 e. The van der Waals surface area contributed by atoms with Crippen LogP contribution in [0.1, 0.15) is 56.3 Å². The molecule has 2 rings (SSSR count). The van der Waals surface area contributed by atoms with Crippen LogP contribution in [-0.2, 0) is 0 Å². The fraction of sp³-hybridized carbons (Fsp3) is 0.368. The molecule has 0 aromatic heterocycles. The molecule has 2 heteroatoms. The summed E-state index contributed by atoms with van der Waals surface area (Å²) in [7, 11) is 0. The van der Waals surface area contributed by atoms with Crippen LogP contribution in [0, 0.1) is 5.82 Å². The molecule has 0 radical (unpaired) electrons. The van der Waals surface area contributed by atoms with E-state index in [9.17, 15) is 4.39 Å². The maximum atomic E-state index is 13.9. The zero-order chi connectivity index (χ0) is 15.1. The molecule has 0 spiro atoms. The van der Waals surface area contributed by atoms with Gasteiger partial charge in [0.25, 0.3) is 0 Å². The fourth-order valence-corrected chi connectivity index (χ4v) is 2.66. The number of benzene rings is 2. The highest BCUT2D eigenvalue weighted by Crippen LogP contribution is 2.25. The first-order valence-electron chi connectivity index (χ1n) is 7.77. The molecule has 0 aliphatic heterocycles. The first kappa shape index (κ1) is 15.7. The lowest BCUT2D eigenvalue weighted by Crippen LogP contribution is -2.25. The highest BCUT2D eigenvalue weighted by Gasteiger charge is 2.16. The molecule has 21 heavy (non-hydrogen) atoms. The van der Waals surface area contributed by atoms with E-state index in [1.54, 1.807) is 6.07 Å². The van der Waals surface area contributed by atoms with Gasteiger partial charge in [0.15, 0.2) is 0 Å². The Balaban J connectivity index is 2.13. The monoisotopic (exact) mass is 285 g/mol. The van der Waals surface area contributed by atoms with E-state index < -0.39 is 0 Å². The minimum absolute atomic E-state index is 0.00624. The summed E-state index contributed by atoms with van der Waals surface area (Å²) in [6.07, 6.45) is 3.40. The third-order valence-corrected chi connectivity index (χ3v) is 3.87. The summed E-state index contributed by atoms with van der Waals surface area (Å²) in [5.74, 6) is -0.139. The van der Waals surface area contributed by atoms with Gasteiger partial charge in [0.05, 0.1) is 0 Å². The molecule has 0 amide bonds. The second-order valence-electron chi connectivity index (χ2n) is 5.52. The van der Waals surface area contributed by atoms with Gasteiger partial charge < -0.3 is 5.32 Å². The van der Waals surface area contributed by atoms with Crippen LogP contribution < -0.4 is 5.32 Å². The van der Waals surface area contributed by atoms with Gasteiger partial charge in [-0.3, -0.25) is 0 Å². The van der Waals surface area contributed by atoms with Crippen molar-refractivity contribution in [2.75, 3.05) is 0 Å². The van der Waals surface area contributed by atoms with Crippen molar-refractivity contribution in [2.24, 2.45) is 0 Å². The lowest BCUT2D eigenvalue weighted by atomic mass is 9.98. The zero-order valence-corrected chi connectivity index (χ0v) is 12.9. The molecule has 0 saturated heterocycles. The summed E-state index contributed by atoms with van der Waals surface area (Å²) in [5.41, 5.74) is 2.00. The summed E-state index contributed by atoms with van der Waals surface area (Å²) < 4.78 is 13.9. The third-order valence-electron chi connectivity index (χ3n) is 3.87. The Morgan fingerprint density at radius 3 is 2.33 bits per heavy atom. The van der Waals surface area contributed by atoms with Crippen LogP contribution in [-0.4, -0.2) is 0 Å². The van der Waals surface area contributed by atoms with E-state index in [2.05, 4.69) is 36.5 Å². The second kappa shape index (κ2) is 7.94. The normalized spacial score (nSPS) is 13.9. The second-order valence-corrected chi connectivity index (χ2v) is 5.52. The lowest BCUT2D eigenvalue weighted by molar-refractivity contribution is 0.421. The molecule has 0 heterocycles. The highest BCUT2D eigenvalue weighted by atomic mass is 19.1. The maximum absolute atomic E-state index is 13.9. The molecule has 0 bridgehead atoms. The number of hydrogen-bond donors (Lipinski definition) is 1. The zero-order valence-electron chi connectivity index (χ0n) is 12.9. The third kappa shape index (κ3) is 4.40. The molecule has 1 nitrogen and oxygen atoms in total. The van der Waals surface area contributed by atoms with E-state index in [1.165, 1.54) is 18.1 Å². The number of halogens is 1. The molecule has 0 aliphatic carbocycles. The molecule has 0 saturated carbocycles. The van der Waals surface area contributed by atoms with Crippen LogP contribution in [0.5, 0.6) is 0 Å². The molecular weight excluding hydrogens is 261 g/mol. The van der Waals surface area contributed by atoms with Crippen molar-refractivity contribution in [3.05, 3.63) is 71.5 Å². The largest absolute Gasteiger partial charge is 0.303 e. The Labute approximate surface area is 127 Å². The molecular formula is C19H24FN. The van der Waals surface area contributed by atoms with Crippen molar-refractivity contribution >= 4 is 0 Å². The van der Waals surface area contributed by atoms with E-state index in [1.807, 2.05) is 25.1 Å². The van der Waals surface area contributed by atoms with Gasteiger partial charge in [-0.2, -0.15) is 0 Å². The van der Waals surface area contributed by atoms with Crippen molar-refractivity contribution in [3.8, 4) is 0 Å².